The van der Waals surface area contributed by atoms with Crippen molar-refractivity contribution in [2.75, 3.05) is 26.4 Å². The van der Waals surface area contributed by atoms with Crippen LogP contribution >= 0.6 is 11.8 Å². The van der Waals surface area contributed by atoms with E-state index in [1.807, 2.05) is 0 Å². The van der Waals surface area contributed by atoms with Crippen molar-refractivity contribution in [1.82, 2.24) is 29.3 Å². The maximum atomic E-state index is 14.5. The second-order valence-electron chi connectivity index (χ2n) is 18.6. The standard InChI is InChI=1S/C51H47N9O19S/c1-25-53-21-38(59(69)70)56(25)15-17-73-48(66)36-19-30(62)40-32(7-5-9-34(40)78-36)75-23-29(77-50(68)44-51(3,4)80-47-43(46(65)58(44)47)55-45(64)42(52)27-11-13-28(61)14-12-27)24-76-33-8-6-10-35-41(33)31(63)20-37(79-35)49(67)74-18-16-57-26(2)54-22-39(57)60(71)72/h5-14,19-22,29,42-44,47,61H,15-18,23-24,52H2,1-4H3,(H,55,64). The van der Waals surface area contributed by atoms with E-state index in [4.69, 9.17) is 38.3 Å². The molecule has 4 aromatic heterocycles. The van der Waals surface area contributed by atoms with Crippen molar-refractivity contribution in [2.45, 2.75) is 75.1 Å². The Morgan fingerprint density at radius 2 is 1.27 bits per heavy atom. The number of nitro groups is 2. The summed E-state index contributed by atoms with van der Waals surface area (Å²) in [5, 5.41) is 34.1. The van der Waals surface area contributed by atoms with Crippen LogP contribution in [0, 0.1) is 34.1 Å². The number of nitrogens with two attached hydrogens (primary N) is 1. The number of aromatic nitrogens is 4. The number of aryl methyl sites for hydroxylation is 2. The van der Waals surface area contributed by atoms with Gasteiger partial charge in [0, 0.05) is 30.7 Å². The lowest BCUT2D eigenvalue weighted by Gasteiger charge is -2.44. The Bertz CT molecular complexity index is 3580. The number of thioether (sulfide) groups is 1. The molecule has 0 saturated carbocycles. The first-order valence-corrected chi connectivity index (χ1v) is 25.1. The summed E-state index contributed by atoms with van der Waals surface area (Å²) >= 11 is 1.23. The van der Waals surface area contributed by atoms with Gasteiger partial charge in [0.05, 0.1) is 0 Å². The molecule has 416 valence electrons. The molecule has 7 aromatic rings. The summed E-state index contributed by atoms with van der Waals surface area (Å²) in [6.07, 6.45) is 0.738. The van der Waals surface area contributed by atoms with Crippen LogP contribution in [0.15, 0.2) is 104 Å². The van der Waals surface area contributed by atoms with Gasteiger partial charge in [-0.15, -0.1) is 11.8 Å². The van der Waals surface area contributed by atoms with Crippen molar-refractivity contribution < 1.29 is 71.4 Å². The highest BCUT2D eigenvalue weighted by molar-refractivity contribution is 8.01. The number of β-lactam (4-membered cyclic amide) rings is 1. The number of amides is 2. The average Bonchev–Trinajstić information content (AvgIpc) is 4.30. The van der Waals surface area contributed by atoms with E-state index in [-0.39, 0.29) is 77.1 Å². The van der Waals surface area contributed by atoms with Crippen LogP contribution in [0.1, 0.15) is 58.2 Å². The van der Waals surface area contributed by atoms with E-state index >= 15 is 0 Å². The predicted molar refractivity (Wildman–Crippen MR) is 277 cm³/mol. The van der Waals surface area contributed by atoms with Gasteiger partial charge in [0.15, 0.2) is 28.6 Å². The summed E-state index contributed by atoms with van der Waals surface area (Å²) in [5.41, 5.74) is 4.83. The fraction of sp³-hybridized carbons (Fsp3) is 0.314. The monoisotopic (exact) mass is 1120 g/mol. The minimum atomic E-state index is -1.39. The van der Waals surface area contributed by atoms with Crippen LogP contribution in [0.3, 0.4) is 0 Å². The third-order valence-corrected chi connectivity index (χ3v) is 14.6. The number of carbonyl (C=O) groups is 5. The number of rotatable bonds is 21. The Hall–Kier alpha value is -9.64. The van der Waals surface area contributed by atoms with E-state index in [0.29, 0.717) is 17.2 Å². The molecule has 0 bridgehead atoms. The topological polar surface area (TPSA) is 375 Å². The van der Waals surface area contributed by atoms with E-state index in [1.165, 1.54) is 100 Å². The predicted octanol–water partition coefficient (Wildman–Crippen LogP) is 3.76. The van der Waals surface area contributed by atoms with E-state index in [9.17, 15) is 58.9 Å². The minimum absolute atomic E-state index is 0.0371. The second kappa shape index (κ2) is 22.4. The molecule has 2 amide bonds. The van der Waals surface area contributed by atoms with Crippen LogP contribution in [0.25, 0.3) is 21.9 Å². The molecule has 0 spiro atoms. The first-order chi connectivity index (χ1) is 38.1. The van der Waals surface area contributed by atoms with Gasteiger partial charge in [-0.3, -0.25) is 19.2 Å². The van der Waals surface area contributed by atoms with E-state index < -0.39 is 110 Å². The average molecular weight is 1120 g/mol. The lowest BCUT2D eigenvalue weighted by Crippen LogP contribution is -2.71. The number of imidazole rings is 2. The van der Waals surface area contributed by atoms with Gasteiger partial charge in [-0.05, 0) is 65.7 Å². The third kappa shape index (κ3) is 11.1. The maximum Gasteiger partial charge on any atom is 0.374 e. The Balaban J connectivity index is 0.931. The normalized spacial score (nSPS) is 16.6. The van der Waals surface area contributed by atoms with Crippen LogP contribution in [0.4, 0.5) is 11.6 Å². The van der Waals surface area contributed by atoms with Crippen molar-refractivity contribution in [1.29, 1.82) is 0 Å². The first kappa shape index (κ1) is 55.1. The zero-order valence-corrected chi connectivity index (χ0v) is 43.4. The van der Waals surface area contributed by atoms with Crippen LogP contribution in [0.2, 0.25) is 0 Å². The third-order valence-electron chi connectivity index (χ3n) is 13.0. The van der Waals surface area contributed by atoms with Crippen molar-refractivity contribution in [2.24, 2.45) is 5.73 Å². The number of carbonyl (C=O) groups excluding carboxylic acids is 5. The van der Waals surface area contributed by atoms with Gasteiger partial charge in [-0.25, -0.2) is 33.5 Å². The smallest absolute Gasteiger partial charge is 0.374 e. The molecule has 2 fully saturated rings. The minimum Gasteiger partial charge on any atom is -0.508 e. The Morgan fingerprint density at radius 3 is 1.75 bits per heavy atom. The van der Waals surface area contributed by atoms with Gasteiger partial charge in [0.25, 0.3) is 0 Å². The number of hydrogen-bond donors (Lipinski definition) is 3. The molecule has 29 heteroatoms. The van der Waals surface area contributed by atoms with Gasteiger partial charge in [-0.1, -0.05) is 24.3 Å². The summed E-state index contributed by atoms with van der Waals surface area (Å²) in [6.45, 7) is 4.46. The molecule has 28 nitrogen and oxygen atoms in total. The van der Waals surface area contributed by atoms with E-state index in [1.54, 1.807) is 13.8 Å². The number of esters is 3. The molecule has 0 radical (unpaired) electrons. The van der Waals surface area contributed by atoms with Gasteiger partial charge < -0.3 is 73.8 Å². The Labute approximate surface area is 453 Å². The number of ether oxygens (including phenoxy) is 5. The highest BCUT2D eigenvalue weighted by atomic mass is 32.2. The summed E-state index contributed by atoms with van der Waals surface area (Å²) < 4.78 is 41.8. The van der Waals surface area contributed by atoms with Crippen molar-refractivity contribution >= 4 is 75.1 Å². The van der Waals surface area contributed by atoms with Crippen molar-refractivity contribution in [3.05, 3.63) is 155 Å². The quantitative estimate of drug-likeness (QED) is 0.0303. The molecular formula is C51H47N9O19S. The zero-order chi connectivity index (χ0) is 57.3. The number of phenolic OH excluding ortho intramolecular Hbond substituents is 1. The second-order valence-corrected chi connectivity index (χ2v) is 20.4. The SMILES string of the molecule is Cc1ncc([N+](=O)[O-])n1CCOC(=O)c1cc(=O)c2c(OCC(COc3cccc4oc(C(=O)OCCn5c([N+](=O)[O-])cnc5C)cc(=O)c34)OC(=O)C3N4C(=O)C(NC(=O)C(N)c5ccc(O)cc5)C4SC3(C)C)cccc2o1. The molecule has 2 aliphatic heterocycles. The van der Waals surface area contributed by atoms with E-state index in [0.717, 1.165) is 24.5 Å². The molecule has 2 saturated heterocycles. The number of benzene rings is 3. The van der Waals surface area contributed by atoms with E-state index in [2.05, 4.69) is 15.3 Å². The molecule has 2 aliphatic rings. The molecule has 9 rings (SSSR count). The highest BCUT2D eigenvalue weighted by Gasteiger charge is 2.65. The molecule has 80 heavy (non-hydrogen) atoms. The molecule has 4 N–H and O–H groups in total. The maximum absolute atomic E-state index is 14.5. The number of phenols is 1. The lowest BCUT2D eigenvalue weighted by atomic mass is 9.95. The molecule has 6 heterocycles. The fourth-order valence-electron chi connectivity index (χ4n) is 9.07. The van der Waals surface area contributed by atoms with Crippen LogP contribution < -0.4 is 31.4 Å². The summed E-state index contributed by atoms with van der Waals surface area (Å²) in [6, 6.07) is 12.3. The highest BCUT2D eigenvalue weighted by Crippen LogP contribution is 2.51. The van der Waals surface area contributed by atoms with Crippen LogP contribution in [-0.2, 0) is 41.7 Å². The molecule has 4 unspecified atom stereocenters. The number of fused-ring (bicyclic) bond motifs is 3. The molecule has 4 atom stereocenters. The zero-order valence-electron chi connectivity index (χ0n) is 42.6. The molecule has 3 aromatic carbocycles. The largest absolute Gasteiger partial charge is 0.508 e. The van der Waals surface area contributed by atoms with Gasteiger partial charge in [-0.2, -0.15) is 0 Å². The van der Waals surface area contributed by atoms with Crippen molar-refractivity contribution in [3.63, 3.8) is 0 Å². The van der Waals surface area contributed by atoms with Crippen molar-refractivity contribution in [3.8, 4) is 17.2 Å². The molecule has 0 aliphatic carbocycles. The number of hydrogen-bond acceptors (Lipinski definition) is 23. The van der Waals surface area contributed by atoms with Gasteiger partial charge in [0.1, 0.15) is 115 Å². The van der Waals surface area contributed by atoms with Gasteiger partial charge >= 0.3 is 29.5 Å². The number of nitrogens with zero attached hydrogens (tertiary/aromatic N) is 7. The lowest BCUT2D eigenvalue weighted by molar-refractivity contribution is -0.392. The summed E-state index contributed by atoms with van der Waals surface area (Å²) in [5.74, 6) is -5.53. The fourth-order valence-corrected chi connectivity index (χ4v) is 10.7. The number of nitrogens with one attached hydrogen (secondary N) is 1. The number of aromatic hydroxyl groups is 1. The Morgan fingerprint density at radius 1 is 0.787 bits per heavy atom. The summed E-state index contributed by atoms with van der Waals surface area (Å²) in [4.78, 5) is 126. The summed E-state index contributed by atoms with van der Waals surface area (Å²) in [7, 11) is 0. The first-order valence-electron chi connectivity index (χ1n) is 24.2. The van der Waals surface area contributed by atoms with Gasteiger partial charge in [0.2, 0.25) is 23.3 Å². The van der Waals surface area contributed by atoms with Crippen LogP contribution in [-0.4, -0.2) is 123 Å². The Kier molecular flexibility index (Phi) is 15.4. The molecular weight excluding hydrogens is 1070 g/mol. The van der Waals surface area contributed by atoms with Crippen LogP contribution in [0.5, 0.6) is 17.2 Å².